The molecular weight excluding hydrogens is 294 g/mol. The second-order valence-corrected chi connectivity index (χ2v) is 6.27. The molecule has 0 saturated carbocycles. The van der Waals surface area contributed by atoms with E-state index in [2.05, 4.69) is 66.4 Å². The van der Waals surface area contributed by atoms with Gasteiger partial charge in [-0.15, -0.1) is 0 Å². The van der Waals surface area contributed by atoms with Gasteiger partial charge in [-0.2, -0.15) is 0 Å². The molecule has 0 aliphatic carbocycles. The van der Waals surface area contributed by atoms with Gasteiger partial charge in [-0.05, 0) is 55.2 Å². The summed E-state index contributed by atoms with van der Waals surface area (Å²) < 4.78 is 5.65. The van der Waals surface area contributed by atoms with Crippen LogP contribution >= 0.6 is 0 Å². The first kappa shape index (κ1) is 14.8. The maximum Gasteiger partial charge on any atom is 0.142 e. The minimum atomic E-state index is 0.890. The average Bonchev–Trinajstić information content (AvgIpc) is 2.78. The number of fused-ring (bicyclic) bond motifs is 2. The van der Waals surface area contributed by atoms with Gasteiger partial charge in [0.15, 0.2) is 0 Å². The molecule has 3 aromatic rings. The van der Waals surface area contributed by atoms with Crippen molar-refractivity contribution in [3.63, 3.8) is 0 Å². The van der Waals surface area contributed by atoms with Gasteiger partial charge in [-0.25, -0.2) is 0 Å². The Kier molecular flexibility index (Phi) is 3.73. The van der Waals surface area contributed by atoms with E-state index in [9.17, 15) is 0 Å². The molecule has 0 spiro atoms. The van der Waals surface area contributed by atoms with Crippen LogP contribution in [0.5, 0.6) is 5.75 Å². The summed E-state index contributed by atoms with van der Waals surface area (Å²) >= 11 is 0. The molecule has 0 atom stereocenters. The summed E-state index contributed by atoms with van der Waals surface area (Å²) in [6, 6.07) is 23.6. The van der Waals surface area contributed by atoms with Gasteiger partial charge in [-0.1, -0.05) is 48.0 Å². The Hall–Kier alpha value is -2.74. The molecule has 0 saturated heterocycles. The third kappa shape index (κ3) is 2.44. The molecule has 2 heteroatoms. The Balaban J connectivity index is 2.00. The third-order valence-corrected chi connectivity index (χ3v) is 4.70. The van der Waals surface area contributed by atoms with Crippen molar-refractivity contribution in [2.24, 2.45) is 0 Å². The Morgan fingerprint density at radius 2 is 1.42 bits per heavy atom. The lowest BCUT2D eigenvalue weighted by Gasteiger charge is -2.28. The smallest absolute Gasteiger partial charge is 0.142 e. The Labute approximate surface area is 143 Å². The zero-order valence-electron chi connectivity index (χ0n) is 14.1. The number of anilines is 3. The highest BCUT2D eigenvalue weighted by Gasteiger charge is 2.23. The SMILES string of the molecule is COc1ccccc1N1c2ccccc2CCc2cc(C)ccc21. The molecule has 0 aromatic heterocycles. The molecule has 0 fully saturated rings. The largest absolute Gasteiger partial charge is 0.495 e. The van der Waals surface area contributed by atoms with Crippen LogP contribution in [0.25, 0.3) is 0 Å². The van der Waals surface area contributed by atoms with Crippen LogP contribution in [-0.4, -0.2) is 7.11 Å². The predicted octanol–water partition coefficient (Wildman–Crippen LogP) is 5.57. The van der Waals surface area contributed by atoms with Gasteiger partial charge < -0.3 is 9.64 Å². The van der Waals surface area contributed by atoms with Crippen LogP contribution in [0.2, 0.25) is 0 Å². The van der Waals surface area contributed by atoms with E-state index < -0.39 is 0 Å². The van der Waals surface area contributed by atoms with E-state index in [1.54, 1.807) is 7.11 Å². The lowest BCUT2D eigenvalue weighted by molar-refractivity contribution is 0.416. The highest BCUT2D eigenvalue weighted by atomic mass is 16.5. The summed E-state index contributed by atoms with van der Waals surface area (Å²) in [4.78, 5) is 2.34. The van der Waals surface area contributed by atoms with Crippen molar-refractivity contribution in [1.82, 2.24) is 0 Å². The standard InChI is InChI=1S/C22H21NO/c1-16-11-14-20-18(15-16)13-12-17-7-3-4-8-19(17)23(20)21-9-5-6-10-22(21)24-2/h3-11,14-15H,12-13H2,1-2H3. The van der Waals surface area contributed by atoms with Crippen LogP contribution in [-0.2, 0) is 12.8 Å². The number of hydrogen-bond donors (Lipinski definition) is 0. The van der Waals surface area contributed by atoms with Crippen LogP contribution in [0, 0.1) is 6.92 Å². The first-order valence-electron chi connectivity index (χ1n) is 8.38. The Bertz CT molecular complexity index is 885. The minimum absolute atomic E-state index is 0.890. The maximum atomic E-state index is 5.65. The Morgan fingerprint density at radius 3 is 2.25 bits per heavy atom. The third-order valence-electron chi connectivity index (χ3n) is 4.70. The minimum Gasteiger partial charge on any atom is -0.495 e. The quantitative estimate of drug-likeness (QED) is 0.613. The highest BCUT2D eigenvalue weighted by Crippen LogP contribution is 2.44. The zero-order chi connectivity index (χ0) is 16.5. The lowest BCUT2D eigenvalue weighted by atomic mass is 10.0. The lowest BCUT2D eigenvalue weighted by Crippen LogP contribution is -2.12. The number of para-hydroxylation sites is 3. The molecule has 120 valence electrons. The van der Waals surface area contributed by atoms with Gasteiger partial charge in [0.05, 0.1) is 12.8 Å². The van der Waals surface area contributed by atoms with Crippen LogP contribution < -0.4 is 9.64 Å². The highest BCUT2D eigenvalue weighted by molar-refractivity contribution is 5.84. The van der Waals surface area contributed by atoms with Crippen molar-refractivity contribution in [1.29, 1.82) is 0 Å². The number of methoxy groups -OCH3 is 1. The van der Waals surface area contributed by atoms with E-state index in [0.29, 0.717) is 0 Å². The van der Waals surface area contributed by atoms with Gasteiger partial charge in [0.1, 0.15) is 5.75 Å². The fourth-order valence-corrected chi connectivity index (χ4v) is 3.55. The first-order valence-corrected chi connectivity index (χ1v) is 8.38. The van der Waals surface area contributed by atoms with E-state index in [4.69, 9.17) is 4.74 Å². The molecule has 1 aliphatic rings. The van der Waals surface area contributed by atoms with Gasteiger partial charge in [-0.3, -0.25) is 0 Å². The number of rotatable bonds is 2. The fraction of sp³-hybridized carbons (Fsp3) is 0.182. The van der Waals surface area contributed by atoms with Crippen molar-refractivity contribution < 1.29 is 4.74 Å². The van der Waals surface area contributed by atoms with Crippen molar-refractivity contribution in [3.05, 3.63) is 83.4 Å². The van der Waals surface area contributed by atoms with Crippen LogP contribution in [0.15, 0.2) is 66.7 Å². The summed E-state index contributed by atoms with van der Waals surface area (Å²) in [5, 5.41) is 0. The molecule has 4 rings (SSSR count). The molecule has 0 amide bonds. The summed E-state index contributed by atoms with van der Waals surface area (Å²) in [6.07, 6.45) is 2.11. The van der Waals surface area contributed by atoms with Crippen molar-refractivity contribution in [2.75, 3.05) is 12.0 Å². The van der Waals surface area contributed by atoms with E-state index in [1.165, 1.54) is 28.1 Å². The molecule has 24 heavy (non-hydrogen) atoms. The van der Waals surface area contributed by atoms with E-state index >= 15 is 0 Å². The normalized spacial score (nSPS) is 13.0. The summed E-state index contributed by atoms with van der Waals surface area (Å²) in [5.41, 5.74) is 7.63. The molecule has 0 unspecified atom stereocenters. The van der Waals surface area contributed by atoms with Crippen molar-refractivity contribution in [2.45, 2.75) is 19.8 Å². The predicted molar refractivity (Wildman–Crippen MR) is 99.8 cm³/mol. The van der Waals surface area contributed by atoms with Crippen LogP contribution in [0.3, 0.4) is 0 Å². The molecule has 1 aliphatic heterocycles. The maximum absolute atomic E-state index is 5.65. The summed E-state index contributed by atoms with van der Waals surface area (Å²) in [7, 11) is 1.73. The number of benzene rings is 3. The molecule has 0 bridgehead atoms. The monoisotopic (exact) mass is 315 g/mol. The van der Waals surface area contributed by atoms with Gasteiger partial charge >= 0.3 is 0 Å². The van der Waals surface area contributed by atoms with Crippen molar-refractivity contribution in [3.8, 4) is 5.75 Å². The summed E-state index contributed by atoms with van der Waals surface area (Å²) in [6.45, 7) is 2.16. The second kappa shape index (κ2) is 6.04. The number of ether oxygens (including phenoxy) is 1. The van der Waals surface area contributed by atoms with Gasteiger partial charge in [0, 0.05) is 11.4 Å². The topological polar surface area (TPSA) is 12.5 Å². The molecule has 3 aromatic carbocycles. The van der Waals surface area contributed by atoms with Crippen LogP contribution in [0.4, 0.5) is 17.1 Å². The number of aryl methyl sites for hydroxylation is 3. The summed E-state index contributed by atoms with van der Waals surface area (Å²) in [5.74, 6) is 0.890. The van der Waals surface area contributed by atoms with Crippen LogP contribution in [0.1, 0.15) is 16.7 Å². The number of hydrogen-bond acceptors (Lipinski definition) is 2. The van der Waals surface area contributed by atoms with E-state index in [1.807, 2.05) is 12.1 Å². The molecule has 2 nitrogen and oxygen atoms in total. The fourth-order valence-electron chi connectivity index (χ4n) is 3.55. The molecule has 0 N–H and O–H groups in total. The first-order chi connectivity index (χ1) is 11.8. The number of nitrogens with zero attached hydrogens (tertiary/aromatic N) is 1. The van der Waals surface area contributed by atoms with E-state index in [-0.39, 0.29) is 0 Å². The van der Waals surface area contributed by atoms with E-state index in [0.717, 1.165) is 24.3 Å². The van der Waals surface area contributed by atoms with Gasteiger partial charge in [0.25, 0.3) is 0 Å². The molecule has 1 heterocycles. The second-order valence-electron chi connectivity index (χ2n) is 6.27. The zero-order valence-corrected chi connectivity index (χ0v) is 14.1. The van der Waals surface area contributed by atoms with Gasteiger partial charge in [0.2, 0.25) is 0 Å². The average molecular weight is 315 g/mol. The molecular formula is C22H21NO. The Morgan fingerprint density at radius 1 is 0.750 bits per heavy atom. The molecule has 0 radical (unpaired) electrons. The van der Waals surface area contributed by atoms with Crippen molar-refractivity contribution >= 4 is 17.1 Å².